The first kappa shape index (κ1) is 21.6. The molecule has 4 aromatic rings. The molecule has 0 radical (unpaired) electrons. The predicted molar refractivity (Wildman–Crippen MR) is 124 cm³/mol. The van der Waals surface area contributed by atoms with Crippen LogP contribution in [-0.2, 0) is 10.0 Å². The van der Waals surface area contributed by atoms with Crippen LogP contribution in [0.1, 0.15) is 15.9 Å². The number of sulfonamides is 1. The van der Waals surface area contributed by atoms with Crippen molar-refractivity contribution in [3.8, 4) is 11.5 Å². The molecule has 0 unspecified atom stereocenters. The molecule has 0 bridgehead atoms. The first-order chi connectivity index (χ1) is 15.2. The van der Waals surface area contributed by atoms with Crippen LogP contribution in [0.5, 0.6) is 11.5 Å². The average Bonchev–Trinajstić information content (AvgIpc) is 3.17. The minimum atomic E-state index is -3.83. The summed E-state index contributed by atoms with van der Waals surface area (Å²) in [7, 11) is -2.33. The first-order valence-corrected chi connectivity index (χ1v) is 11.7. The molecule has 3 aromatic carbocycles. The lowest BCUT2D eigenvalue weighted by Gasteiger charge is -2.08. The second-order valence-corrected chi connectivity index (χ2v) is 9.67. The maximum Gasteiger partial charge on any atom is 0.263 e. The summed E-state index contributed by atoms with van der Waals surface area (Å²) in [6.07, 6.45) is 0. The van der Waals surface area contributed by atoms with Crippen molar-refractivity contribution < 1.29 is 23.1 Å². The number of rotatable bonds is 6. The summed E-state index contributed by atoms with van der Waals surface area (Å²) in [6.45, 7) is 1.85. The maximum absolute atomic E-state index is 12.6. The number of aromatic hydroxyl groups is 1. The Morgan fingerprint density at radius 2 is 1.81 bits per heavy atom. The lowest BCUT2D eigenvalue weighted by Crippen LogP contribution is -2.12. The fourth-order valence-electron chi connectivity index (χ4n) is 2.98. The Balaban J connectivity index is 1.56. The van der Waals surface area contributed by atoms with Crippen LogP contribution < -0.4 is 14.8 Å². The second kappa shape index (κ2) is 8.48. The van der Waals surface area contributed by atoms with Crippen LogP contribution in [0.4, 0.5) is 10.8 Å². The van der Waals surface area contributed by atoms with E-state index in [1.54, 1.807) is 42.5 Å². The van der Waals surface area contributed by atoms with Gasteiger partial charge in [0, 0.05) is 5.56 Å². The minimum absolute atomic E-state index is 0.0296. The number of nitrogens with one attached hydrogen (secondary N) is 2. The topological polar surface area (TPSA) is 118 Å². The highest BCUT2D eigenvalue weighted by molar-refractivity contribution is 7.93. The molecular formula is C22H19N3O5S2. The van der Waals surface area contributed by atoms with Crippen LogP contribution in [0, 0.1) is 6.92 Å². The number of anilines is 2. The largest absolute Gasteiger partial charge is 0.506 e. The number of aromatic nitrogens is 1. The summed E-state index contributed by atoms with van der Waals surface area (Å²) in [5, 5.41) is 12.8. The van der Waals surface area contributed by atoms with Gasteiger partial charge in [0.1, 0.15) is 11.5 Å². The van der Waals surface area contributed by atoms with Gasteiger partial charge in [-0.25, -0.2) is 13.4 Å². The average molecular weight is 470 g/mol. The van der Waals surface area contributed by atoms with Crippen LogP contribution in [0.3, 0.4) is 0 Å². The van der Waals surface area contributed by atoms with Crippen molar-refractivity contribution in [2.24, 2.45) is 0 Å². The molecule has 10 heteroatoms. The van der Waals surface area contributed by atoms with E-state index in [1.165, 1.54) is 25.3 Å². The number of benzene rings is 3. The zero-order valence-electron chi connectivity index (χ0n) is 17.1. The molecule has 1 amide bonds. The Morgan fingerprint density at radius 1 is 1.06 bits per heavy atom. The summed E-state index contributed by atoms with van der Waals surface area (Å²) < 4.78 is 33.4. The number of aryl methyl sites for hydroxylation is 1. The van der Waals surface area contributed by atoms with Crippen LogP contribution in [0.2, 0.25) is 0 Å². The van der Waals surface area contributed by atoms with Gasteiger partial charge in [0.05, 0.1) is 27.9 Å². The van der Waals surface area contributed by atoms with Crippen molar-refractivity contribution in [1.29, 1.82) is 0 Å². The quantitative estimate of drug-likeness (QED) is 0.361. The maximum atomic E-state index is 12.6. The molecule has 0 aliphatic heterocycles. The summed E-state index contributed by atoms with van der Waals surface area (Å²) in [4.78, 5) is 17.0. The van der Waals surface area contributed by atoms with Crippen molar-refractivity contribution in [1.82, 2.24) is 4.98 Å². The number of fused-ring (bicyclic) bond motifs is 1. The number of phenols is 1. The highest BCUT2D eigenvalue weighted by Crippen LogP contribution is 2.30. The minimum Gasteiger partial charge on any atom is -0.506 e. The predicted octanol–water partition coefficient (Wildman–Crippen LogP) is 4.37. The summed E-state index contributed by atoms with van der Waals surface area (Å²) in [5.41, 5.74) is 2.11. The zero-order valence-corrected chi connectivity index (χ0v) is 18.8. The number of carbonyl (C=O) groups excluding carboxylic acids is 1. The van der Waals surface area contributed by atoms with Gasteiger partial charge < -0.3 is 15.2 Å². The molecule has 1 aromatic heterocycles. The number of amides is 1. The molecule has 0 saturated carbocycles. The molecule has 0 atom stereocenters. The normalized spacial score (nSPS) is 11.3. The number of phenolic OH excluding ortho intramolecular Hbond substituents is 1. The number of thiazole rings is 1. The SMILES string of the molecule is COc1ccc(S(=O)(=O)Nc2nc3ccc(C(=O)Nc4cc(C)ccc4O)cc3s2)cc1. The summed E-state index contributed by atoms with van der Waals surface area (Å²) in [5.74, 6) is 0.119. The van der Waals surface area contributed by atoms with E-state index in [0.717, 1.165) is 16.9 Å². The number of carbonyl (C=O) groups is 1. The third-order valence-electron chi connectivity index (χ3n) is 4.64. The Bertz CT molecular complexity index is 1410. The van der Waals surface area contributed by atoms with Crippen LogP contribution in [0.15, 0.2) is 65.6 Å². The van der Waals surface area contributed by atoms with Crippen molar-refractivity contribution in [3.63, 3.8) is 0 Å². The summed E-state index contributed by atoms with van der Waals surface area (Å²) in [6, 6.07) is 15.8. The lowest BCUT2D eigenvalue weighted by atomic mass is 10.1. The molecule has 164 valence electrons. The molecule has 1 heterocycles. The molecule has 0 saturated heterocycles. The standard InChI is InChI=1S/C22H19N3O5S2/c1-13-3-10-19(26)18(11-13)23-21(27)14-4-9-17-20(12-14)31-22(24-17)25-32(28,29)16-7-5-15(30-2)6-8-16/h3-12,26H,1-2H3,(H,23,27)(H,24,25). The van der Waals surface area contributed by atoms with Gasteiger partial charge in [0.15, 0.2) is 5.13 Å². The van der Waals surface area contributed by atoms with Crippen molar-refractivity contribution in [2.75, 3.05) is 17.1 Å². The smallest absolute Gasteiger partial charge is 0.263 e. The molecular weight excluding hydrogens is 450 g/mol. The van der Waals surface area contributed by atoms with Gasteiger partial charge in [-0.1, -0.05) is 17.4 Å². The molecule has 8 nitrogen and oxygen atoms in total. The first-order valence-electron chi connectivity index (χ1n) is 9.43. The Hall–Kier alpha value is -3.63. The van der Waals surface area contributed by atoms with Crippen molar-refractivity contribution in [2.45, 2.75) is 11.8 Å². The van der Waals surface area contributed by atoms with Crippen molar-refractivity contribution >= 4 is 48.3 Å². The molecule has 0 aliphatic rings. The zero-order chi connectivity index (χ0) is 22.9. The molecule has 3 N–H and O–H groups in total. The summed E-state index contributed by atoms with van der Waals surface area (Å²) >= 11 is 1.11. The van der Waals surface area contributed by atoms with Gasteiger partial charge in [0.25, 0.3) is 15.9 Å². The highest BCUT2D eigenvalue weighted by atomic mass is 32.2. The van der Waals surface area contributed by atoms with Crippen LogP contribution in [0.25, 0.3) is 10.2 Å². The van der Waals surface area contributed by atoms with E-state index >= 15 is 0 Å². The van der Waals surface area contributed by atoms with E-state index in [1.807, 2.05) is 6.92 Å². The van der Waals surface area contributed by atoms with Gasteiger partial charge >= 0.3 is 0 Å². The van der Waals surface area contributed by atoms with Crippen molar-refractivity contribution in [3.05, 3.63) is 71.8 Å². The number of nitrogens with zero attached hydrogens (tertiary/aromatic N) is 1. The number of methoxy groups -OCH3 is 1. The van der Waals surface area contributed by atoms with Gasteiger partial charge in [-0.3, -0.25) is 9.52 Å². The second-order valence-electron chi connectivity index (χ2n) is 6.96. The fourth-order valence-corrected chi connectivity index (χ4v) is 5.12. The van der Waals surface area contributed by atoms with Gasteiger partial charge in [-0.2, -0.15) is 0 Å². The molecule has 0 spiro atoms. The molecule has 32 heavy (non-hydrogen) atoms. The Morgan fingerprint density at radius 3 is 2.53 bits per heavy atom. The molecule has 0 aliphatic carbocycles. The van der Waals surface area contributed by atoms with Gasteiger partial charge in [-0.05, 0) is 67.1 Å². The number of hydrogen-bond donors (Lipinski definition) is 3. The number of hydrogen-bond acceptors (Lipinski definition) is 7. The Labute approximate surface area is 188 Å². The third kappa shape index (κ3) is 4.51. The monoisotopic (exact) mass is 469 g/mol. The van der Waals surface area contributed by atoms with E-state index in [0.29, 0.717) is 27.2 Å². The van der Waals surface area contributed by atoms with E-state index in [-0.39, 0.29) is 15.8 Å². The van der Waals surface area contributed by atoms with Gasteiger partial charge in [0.2, 0.25) is 0 Å². The van der Waals surface area contributed by atoms with E-state index in [2.05, 4.69) is 15.0 Å². The van der Waals surface area contributed by atoms with Crippen LogP contribution >= 0.6 is 11.3 Å². The van der Waals surface area contributed by atoms with Gasteiger partial charge in [-0.15, -0.1) is 0 Å². The van der Waals surface area contributed by atoms with Crippen LogP contribution in [-0.4, -0.2) is 31.5 Å². The van der Waals surface area contributed by atoms with E-state index < -0.39 is 15.9 Å². The fraction of sp³-hybridized carbons (Fsp3) is 0.0909. The molecule has 0 fully saturated rings. The highest BCUT2D eigenvalue weighted by Gasteiger charge is 2.18. The number of ether oxygens (including phenoxy) is 1. The lowest BCUT2D eigenvalue weighted by molar-refractivity contribution is 0.102. The molecule has 4 rings (SSSR count). The van der Waals surface area contributed by atoms with E-state index in [9.17, 15) is 18.3 Å². The third-order valence-corrected chi connectivity index (χ3v) is 7.06. The Kier molecular flexibility index (Phi) is 5.72. The van der Waals surface area contributed by atoms with E-state index in [4.69, 9.17) is 4.74 Å².